The summed E-state index contributed by atoms with van der Waals surface area (Å²) in [7, 11) is 0. The fourth-order valence-electron chi connectivity index (χ4n) is 8.76. The Morgan fingerprint density at radius 2 is 0.506 bits per heavy atom. The summed E-state index contributed by atoms with van der Waals surface area (Å²) in [6.45, 7) is 0. The third kappa shape index (κ3) is 19.3. The molecule has 0 aliphatic heterocycles. The number of nitrogens with zero attached hydrogens (tertiary/aromatic N) is 6. The van der Waals surface area contributed by atoms with Gasteiger partial charge in [0, 0.05) is 97.5 Å². The van der Waals surface area contributed by atoms with Crippen molar-refractivity contribution in [3.8, 4) is 67.5 Å². The zero-order valence-electron chi connectivity index (χ0n) is 46.9. The maximum atomic E-state index is 4.45. The topological polar surface area (TPSA) is 77.3 Å². The van der Waals surface area contributed by atoms with Crippen LogP contribution in [0.4, 0.5) is 0 Å². The van der Waals surface area contributed by atoms with E-state index in [1.807, 2.05) is 267 Å². The van der Waals surface area contributed by atoms with Gasteiger partial charge in [-0.05, 0) is 96.8 Å². The van der Waals surface area contributed by atoms with Crippen molar-refractivity contribution in [2.45, 2.75) is 0 Å². The van der Waals surface area contributed by atoms with E-state index in [4.69, 9.17) is 0 Å². The molecule has 0 bridgehead atoms. The molecule has 87 heavy (non-hydrogen) atoms. The Bertz CT molecular complexity index is 3910. The van der Waals surface area contributed by atoms with Gasteiger partial charge in [-0.2, -0.15) is 0 Å². The second-order valence-corrected chi connectivity index (χ2v) is 18.5. The molecule has 0 saturated carbocycles. The molecule has 429 valence electrons. The van der Waals surface area contributed by atoms with E-state index in [0.717, 1.165) is 67.5 Å². The minimum absolute atomic E-state index is 0. The summed E-state index contributed by atoms with van der Waals surface area (Å²) >= 11 is 0. The maximum absolute atomic E-state index is 4.45. The Balaban J connectivity index is 0.000000149. The van der Waals surface area contributed by atoms with E-state index in [9.17, 15) is 0 Å². The van der Waals surface area contributed by atoms with Gasteiger partial charge in [0.25, 0.3) is 0 Å². The molecule has 15 rings (SSSR count). The molecule has 6 heterocycles. The number of hydrogen-bond acceptors (Lipinski definition) is 6. The molecule has 0 fully saturated rings. The summed E-state index contributed by atoms with van der Waals surface area (Å²) in [4.78, 5) is 26.0. The fourth-order valence-corrected chi connectivity index (χ4v) is 8.76. The SMILES string of the molecule is [Ir].[Ir].[Ir].[c-]1ccccc1-c1cc2ccccc2cn1.[c-]1ccccc1-c1ccccn1.[c-]1ccccc1-c1ccccn1.[c-]1ccccc1-c1ccccn1.[c-]1ccccc1-c1nccc2ccccc12.[c-]1ccccc1-c1nccc2ccccc12. The second-order valence-electron chi connectivity index (χ2n) is 18.5. The standard InChI is InChI=1S/3C15H10N.3C11H8N.3Ir/c2*1-2-7-13(8-3-1)15-14-9-5-4-6-12(14)10-11-16-15;1-2-6-12(7-3-1)15-10-13-8-4-5-9-14(13)11-16-15;3*1-2-6-10(7-3-1)11-8-4-5-9-12-11;;;/h2*1-7,9-11H;1-6,8-11H;3*1-6,8-9H;;;/q6*-1;;;. The summed E-state index contributed by atoms with van der Waals surface area (Å²) < 4.78 is 0. The van der Waals surface area contributed by atoms with Crippen LogP contribution in [0.3, 0.4) is 0 Å². The van der Waals surface area contributed by atoms with Crippen LogP contribution in [0.5, 0.6) is 0 Å². The summed E-state index contributed by atoms with van der Waals surface area (Å²) in [5.74, 6) is 0. The van der Waals surface area contributed by atoms with Crippen molar-refractivity contribution in [2.24, 2.45) is 0 Å². The predicted octanol–water partition coefficient (Wildman–Crippen LogP) is 18.7. The second kappa shape index (κ2) is 35.8. The average Bonchev–Trinajstić information content (AvgIpc) is 3.72. The van der Waals surface area contributed by atoms with E-state index >= 15 is 0 Å². The molecule has 0 aliphatic carbocycles. The van der Waals surface area contributed by atoms with Gasteiger partial charge < -0.3 is 29.9 Å². The molecule has 0 N–H and O–H groups in total. The molecule has 0 amide bonds. The van der Waals surface area contributed by atoms with E-state index < -0.39 is 0 Å². The largest absolute Gasteiger partial charge is 0.305 e. The van der Waals surface area contributed by atoms with Crippen LogP contribution in [0.2, 0.25) is 0 Å². The molecule has 0 unspecified atom stereocenters. The van der Waals surface area contributed by atoms with Crippen LogP contribution < -0.4 is 0 Å². The Morgan fingerprint density at radius 1 is 0.207 bits per heavy atom. The first-order chi connectivity index (χ1) is 41.7. The Kier molecular flexibility index (Phi) is 26.8. The van der Waals surface area contributed by atoms with Crippen LogP contribution in [0.1, 0.15) is 0 Å². The molecule has 9 aromatic carbocycles. The van der Waals surface area contributed by atoms with Gasteiger partial charge in [0.05, 0.1) is 0 Å². The smallest absolute Gasteiger partial charge is 0.0239 e. The number of pyridine rings is 6. The molecule has 0 atom stereocenters. The first-order valence-corrected chi connectivity index (χ1v) is 27.3. The molecule has 0 aliphatic rings. The molecule has 9 heteroatoms. The maximum Gasteiger partial charge on any atom is 0.0239 e. The van der Waals surface area contributed by atoms with Crippen molar-refractivity contribution in [1.29, 1.82) is 0 Å². The monoisotopic (exact) mass is 1650 g/mol. The molecule has 15 aromatic rings. The van der Waals surface area contributed by atoms with Crippen molar-refractivity contribution >= 4 is 32.3 Å². The minimum atomic E-state index is 0. The van der Waals surface area contributed by atoms with Crippen molar-refractivity contribution in [3.05, 3.63) is 365 Å². The molecular weight excluding hydrogens is 1600 g/mol. The average molecular weight is 1650 g/mol. The molecule has 0 saturated heterocycles. The predicted molar refractivity (Wildman–Crippen MR) is 344 cm³/mol. The zero-order valence-corrected chi connectivity index (χ0v) is 54.0. The number of rotatable bonds is 6. The summed E-state index contributed by atoms with van der Waals surface area (Å²) in [5.41, 5.74) is 12.1. The third-order valence-electron chi connectivity index (χ3n) is 12.8. The van der Waals surface area contributed by atoms with Gasteiger partial charge in [-0.15, -0.1) is 215 Å². The van der Waals surface area contributed by atoms with E-state index in [1.54, 1.807) is 18.6 Å². The first-order valence-electron chi connectivity index (χ1n) is 27.3. The van der Waals surface area contributed by atoms with Crippen LogP contribution in [0.15, 0.2) is 328 Å². The number of hydrogen-bond donors (Lipinski definition) is 0. The van der Waals surface area contributed by atoms with Gasteiger partial charge in [-0.3, -0.25) is 0 Å². The Morgan fingerprint density at radius 3 is 0.839 bits per heavy atom. The van der Waals surface area contributed by atoms with E-state index in [2.05, 4.69) is 109 Å². The quantitative estimate of drug-likeness (QED) is 0.154. The molecule has 6 aromatic heterocycles. The summed E-state index contributed by atoms with van der Waals surface area (Å²) in [6, 6.07) is 115. The summed E-state index contributed by atoms with van der Waals surface area (Å²) in [6.07, 6.45) is 11.0. The van der Waals surface area contributed by atoms with E-state index in [0.29, 0.717) is 0 Å². The molecule has 0 spiro atoms. The molecule has 3 radical (unpaired) electrons. The van der Waals surface area contributed by atoms with E-state index in [1.165, 1.54) is 32.3 Å². The van der Waals surface area contributed by atoms with Gasteiger partial charge in [0.15, 0.2) is 0 Å². The van der Waals surface area contributed by atoms with Gasteiger partial charge in [0.1, 0.15) is 0 Å². The molecular formula is C78H54Ir3N6-6. The van der Waals surface area contributed by atoms with Crippen molar-refractivity contribution < 1.29 is 60.3 Å². The normalized spacial score (nSPS) is 9.79. The number of benzene rings is 9. The van der Waals surface area contributed by atoms with Crippen LogP contribution >= 0.6 is 0 Å². The van der Waals surface area contributed by atoms with Crippen molar-refractivity contribution in [1.82, 2.24) is 29.9 Å². The van der Waals surface area contributed by atoms with Crippen molar-refractivity contribution in [2.75, 3.05) is 0 Å². The van der Waals surface area contributed by atoms with Gasteiger partial charge in [-0.1, -0.05) is 115 Å². The van der Waals surface area contributed by atoms with Crippen LogP contribution in [-0.4, -0.2) is 29.9 Å². The Labute approximate surface area is 550 Å². The van der Waals surface area contributed by atoms with Crippen LogP contribution in [-0.2, 0) is 60.3 Å². The first kappa shape index (κ1) is 65.2. The van der Waals surface area contributed by atoms with Gasteiger partial charge in [0.2, 0.25) is 0 Å². The molecule has 6 nitrogen and oxygen atoms in total. The van der Waals surface area contributed by atoms with E-state index in [-0.39, 0.29) is 60.3 Å². The van der Waals surface area contributed by atoms with Gasteiger partial charge >= 0.3 is 0 Å². The number of aromatic nitrogens is 6. The zero-order chi connectivity index (χ0) is 57.1. The minimum Gasteiger partial charge on any atom is -0.305 e. The van der Waals surface area contributed by atoms with Crippen LogP contribution in [0, 0.1) is 36.4 Å². The summed E-state index contributed by atoms with van der Waals surface area (Å²) in [5, 5.41) is 7.15. The third-order valence-corrected chi connectivity index (χ3v) is 12.8. The fraction of sp³-hybridized carbons (Fsp3) is 0. The van der Waals surface area contributed by atoms with Gasteiger partial charge in [-0.25, -0.2) is 0 Å². The van der Waals surface area contributed by atoms with Crippen LogP contribution in [0.25, 0.3) is 99.9 Å². The Hall–Kier alpha value is -9.39. The van der Waals surface area contributed by atoms with Crippen molar-refractivity contribution in [3.63, 3.8) is 0 Å². The number of fused-ring (bicyclic) bond motifs is 3.